The Kier molecular flexibility index (Phi) is 4.61. The zero-order valence-corrected chi connectivity index (χ0v) is 10.4. The van der Waals surface area contributed by atoms with Gasteiger partial charge in [-0.05, 0) is 36.8 Å². The molecule has 1 aromatic rings. The first kappa shape index (κ1) is 12.0. The lowest BCUT2D eigenvalue weighted by Gasteiger charge is -2.13. The van der Waals surface area contributed by atoms with Crippen molar-refractivity contribution in [3.05, 3.63) is 41.0 Å². The molecule has 0 nitrogen and oxygen atoms in total. The molecule has 15 heavy (non-hydrogen) atoms. The van der Waals surface area contributed by atoms with Crippen LogP contribution in [0.15, 0.2) is 29.8 Å². The number of hydrogen-bond donors (Lipinski definition) is 0. The molecule has 0 spiro atoms. The van der Waals surface area contributed by atoms with E-state index in [2.05, 4.69) is 58.0 Å². The Morgan fingerprint density at radius 1 is 1.27 bits per heavy atom. The summed E-state index contributed by atoms with van der Waals surface area (Å²) in [5, 5.41) is 0. The quantitative estimate of drug-likeness (QED) is 0.643. The summed E-state index contributed by atoms with van der Waals surface area (Å²) in [4.78, 5) is 0. The normalized spacial score (nSPS) is 14.0. The summed E-state index contributed by atoms with van der Waals surface area (Å²) in [5.74, 6) is 0.655. The van der Waals surface area contributed by atoms with Gasteiger partial charge in [-0.25, -0.2) is 0 Å². The lowest BCUT2D eigenvalue weighted by Crippen LogP contribution is -1.94. The van der Waals surface area contributed by atoms with Crippen molar-refractivity contribution in [1.82, 2.24) is 0 Å². The SMILES string of the molecule is CC/C(C)=C\c1ccccc1C(C)CC. The van der Waals surface area contributed by atoms with Crippen molar-refractivity contribution in [2.24, 2.45) is 0 Å². The fraction of sp³-hybridized carbons (Fsp3) is 0.467. The van der Waals surface area contributed by atoms with E-state index in [0.29, 0.717) is 5.92 Å². The van der Waals surface area contributed by atoms with E-state index >= 15 is 0 Å². The lowest BCUT2D eigenvalue weighted by atomic mass is 9.92. The predicted octanol–water partition coefficient (Wildman–Crippen LogP) is 5.01. The lowest BCUT2D eigenvalue weighted by molar-refractivity contribution is 0.732. The van der Waals surface area contributed by atoms with Crippen molar-refractivity contribution >= 4 is 6.08 Å². The second kappa shape index (κ2) is 5.75. The van der Waals surface area contributed by atoms with Gasteiger partial charge < -0.3 is 0 Å². The predicted molar refractivity (Wildman–Crippen MR) is 69.1 cm³/mol. The van der Waals surface area contributed by atoms with Crippen molar-refractivity contribution in [3.8, 4) is 0 Å². The zero-order valence-electron chi connectivity index (χ0n) is 10.4. The molecular formula is C15H22. The molecule has 82 valence electrons. The Bertz CT molecular complexity index is 334. The van der Waals surface area contributed by atoms with Gasteiger partial charge in [0.15, 0.2) is 0 Å². The van der Waals surface area contributed by atoms with E-state index in [9.17, 15) is 0 Å². The molecule has 0 saturated carbocycles. The van der Waals surface area contributed by atoms with Gasteiger partial charge >= 0.3 is 0 Å². The zero-order chi connectivity index (χ0) is 11.3. The van der Waals surface area contributed by atoms with E-state index in [1.165, 1.54) is 23.1 Å². The Morgan fingerprint density at radius 2 is 1.93 bits per heavy atom. The third-order valence-corrected chi connectivity index (χ3v) is 3.10. The largest absolute Gasteiger partial charge is 0.0730 e. The minimum absolute atomic E-state index is 0.655. The van der Waals surface area contributed by atoms with Crippen LogP contribution in [0.3, 0.4) is 0 Å². The first-order valence-electron chi connectivity index (χ1n) is 5.95. The number of benzene rings is 1. The second-order valence-corrected chi connectivity index (χ2v) is 4.28. The third-order valence-electron chi connectivity index (χ3n) is 3.10. The standard InChI is InChI=1S/C15H22/c1-5-12(3)11-14-9-7-8-10-15(14)13(4)6-2/h7-11,13H,5-6H2,1-4H3/b12-11-. The van der Waals surface area contributed by atoms with Gasteiger partial charge in [-0.3, -0.25) is 0 Å². The highest BCUT2D eigenvalue weighted by atomic mass is 14.1. The van der Waals surface area contributed by atoms with Crippen molar-refractivity contribution in [2.45, 2.75) is 46.5 Å². The fourth-order valence-corrected chi connectivity index (χ4v) is 1.68. The van der Waals surface area contributed by atoms with Crippen LogP contribution in [0.4, 0.5) is 0 Å². The Hall–Kier alpha value is -1.04. The summed E-state index contributed by atoms with van der Waals surface area (Å²) in [5.41, 5.74) is 4.32. The molecular weight excluding hydrogens is 180 g/mol. The van der Waals surface area contributed by atoms with Crippen LogP contribution in [0.5, 0.6) is 0 Å². The van der Waals surface area contributed by atoms with Gasteiger partial charge in [-0.15, -0.1) is 0 Å². The average Bonchev–Trinajstić information content (AvgIpc) is 2.28. The van der Waals surface area contributed by atoms with Gasteiger partial charge in [-0.2, -0.15) is 0 Å². The highest BCUT2D eigenvalue weighted by Crippen LogP contribution is 2.24. The molecule has 0 heteroatoms. The highest BCUT2D eigenvalue weighted by molar-refractivity contribution is 5.57. The smallest absolute Gasteiger partial charge is 0.0187 e. The Labute approximate surface area is 94.0 Å². The molecule has 0 aliphatic rings. The molecule has 1 unspecified atom stereocenters. The van der Waals surface area contributed by atoms with Gasteiger partial charge in [0.2, 0.25) is 0 Å². The van der Waals surface area contributed by atoms with Crippen LogP contribution in [0.1, 0.15) is 57.6 Å². The minimum Gasteiger partial charge on any atom is -0.0730 e. The summed E-state index contributed by atoms with van der Waals surface area (Å²) < 4.78 is 0. The van der Waals surface area contributed by atoms with Gasteiger partial charge in [0, 0.05) is 0 Å². The molecule has 0 heterocycles. The van der Waals surface area contributed by atoms with Crippen LogP contribution < -0.4 is 0 Å². The number of allylic oxidation sites excluding steroid dienone is 1. The number of hydrogen-bond acceptors (Lipinski definition) is 0. The van der Waals surface area contributed by atoms with E-state index < -0.39 is 0 Å². The van der Waals surface area contributed by atoms with Crippen molar-refractivity contribution in [2.75, 3.05) is 0 Å². The summed E-state index contributed by atoms with van der Waals surface area (Å²) in [6.07, 6.45) is 4.66. The molecule has 0 aromatic heterocycles. The second-order valence-electron chi connectivity index (χ2n) is 4.28. The molecule has 1 aromatic carbocycles. The summed E-state index contributed by atoms with van der Waals surface area (Å²) >= 11 is 0. The molecule has 0 fully saturated rings. The van der Waals surface area contributed by atoms with Crippen molar-refractivity contribution in [1.29, 1.82) is 0 Å². The highest BCUT2D eigenvalue weighted by Gasteiger charge is 2.06. The van der Waals surface area contributed by atoms with Gasteiger partial charge in [0.1, 0.15) is 0 Å². The van der Waals surface area contributed by atoms with Crippen LogP contribution >= 0.6 is 0 Å². The van der Waals surface area contributed by atoms with Crippen molar-refractivity contribution < 1.29 is 0 Å². The molecule has 0 radical (unpaired) electrons. The number of rotatable bonds is 4. The fourth-order valence-electron chi connectivity index (χ4n) is 1.68. The van der Waals surface area contributed by atoms with Gasteiger partial charge in [0.05, 0.1) is 0 Å². The van der Waals surface area contributed by atoms with Crippen LogP contribution in [0.25, 0.3) is 6.08 Å². The topological polar surface area (TPSA) is 0 Å². The molecule has 0 aliphatic heterocycles. The van der Waals surface area contributed by atoms with Crippen LogP contribution in [-0.4, -0.2) is 0 Å². The average molecular weight is 202 g/mol. The monoisotopic (exact) mass is 202 g/mol. The van der Waals surface area contributed by atoms with E-state index in [1.54, 1.807) is 0 Å². The summed E-state index contributed by atoms with van der Waals surface area (Å²) in [7, 11) is 0. The van der Waals surface area contributed by atoms with E-state index in [1.807, 2.05) is 0 Å². The maximum Gasteiger partial charge on any atom is -0.0187 e. The van der Waals surface area contributed by atoms with Crippen LogP contribution in [0, 0.1) is 0 Å². The first-order chi connectivity index (χ1) is 7.19. The molecule has 0 aliphatic carbocycles. The van der Waals surface area contributed by atoms with Crippen LogP contribution in [0.2, 0.25) is 0 Å². The maximum absolute atomic E-state index is 2.32. The third kappa shape index (κ3) is 3.23. The van der Waals surface area contributed by atoms with Crippen LogP contribution in [-0.2, 0) is 0 Å². The van der Waals surface area contributed by atoms with E-state index in [-0.39, 0.29) is 0 Å². The molecule has 0 amide bonds. The minimum atomic E-state index is 0.655. The van der Waals surface area contributed by atoms with Gasteiger partial charge in [-0.1, -0.05) is 56.7 Å². The summed E-state index contributed by atoms with van der Waals surface area (Å²) in [6, 6.07) is 8.74. The molecule has 0 N–H and O–H groups in total. The van der Waals surface area contributed by atoms with Crippen molar-refractivity contribution in [3.63, 3.8) is 0 Å². The molecule has 0 saturated heterocycles. The maximum atomic E-state index is 2.32. The van der Waals surface area contributed by atoms with Gasteiger partial charge in [0.25, 0.3) is 0 Å². The molecule has 0 bridgehead atoms. The Balaban J connectivity index is 3.06. The summed E-state index contributed by atoms with van der Waals surface area (Å²) in [6.45, 7) is 8.96. The molecule has 1 rings (SSSR count). The van der Waals surface area contributed by atoms with E-state index in [0.717, 1.165) is 6.42 Å². The Morgan fingerprint density at radius 3 is 2.53 bits per heavy atom. The first-order valence-corrected chi connectivity index (χ1v) is 5.95. The molecule has 1 atom stereocenters. The van der Waals surface area contributed by atoms with E-state index in [4.69, 9.17) is 0 Å².